The Hall–Kier alpha value is -3.61. The number of hydrogen-bond acceptors (Lipinski definition) is 7. The zero-order valence-corrected chi connectivity index (χ0v) is 25.3. The van der Waals surface area contributed by atoms with E-state index < -0.39 is 17.7 Å². The Morgan fingerprint density at radius 1 is 1.05 bits per heavy atom. The average Bonchev–Trinajstić information content (AvgIpc) is 3.23. The standard InChI is InChI=1S/C31H29Cl2FN2O7.H2O/c1-40-7-8-42-20-9-24(32)28(25(33)10-20)30(37)35-13-17-3-2-4-21(29(17)43-16-35)22-12-27(23(31(38)39)11-26(22)34)36-18-5-6-19(36)15-41-14-18;/h2-4,9-12,18-19H,5-8,13-16H2,1H3,(H,38,39);1H2. The number of halogens is 3. The number of rotatable bonds is 8. The number of hydrogen-bond donors (Lipinski definition) is 1. The van der Waals surface area contributed by atoms with Crippen molar-refractivity contribution in [1.82, 2.24) is 4.90 Å². The number of nitrogens with zero attached hydrogens (tertiary/aromatic N) is 2. The van der Waals surface area contributed by atoms with Crippen molar-refractivity contribution in [1.29, 1.82) is 0 Å². The van der Waals surface area contributed by atoms with E-state index in [2.05, 4.69) is 4.90 Å². The van der Waals surface area contributed by atoms with Crippen LogP contribution in [0.1, 0.15) is 39.1 Å². The van der Waals surface area contributed by atoms with E-state index in [1.165, 1.54) is 17.0 Å². The molecule has 0 aliphatic carbocycles. The van der Waals surface area contributed by atoms with Crippen molar-refractivity contribution < 1.29 is 43.5 Å². The first-order chi connectivity index (χ1) is 20.8. The molecule has 0 saturated carbocycles. The highest BCUT2D eigenvalue weighted by Gasteiger charge is 2.40. The number of carbonyl (C=O) groups excluding carboxylic acids is 1. The Kier molecular flexibility index (Phi) is 9.52. The molecule has 10 nitrogen and oxygen atoms in total. The molecule has 3 aromatic rings. The fraction of sp³-hybridized carbons (Fsp3) is 0.355. The highest BCUT2D eigenvalue weighted by atomic mass is 35.5. The molecular formula is C31H31Cl2FN2O8. The van der Waals surface area contributed by atoms with Crippen LogP contribution in [0, 0.1) is 5.82 Å². The number of methoxy groups -OCH3 is 1. The van der Waals surface area contributed by atoms with E-state index in [1.807, 2.05) is 0 Å². The highest BCUT2D eigenvalue weighted by Crippen LogP contribution is 2.43. The molecule has 234 valence electrons. The normalized spacial score (nSPS) is 18.7. The van der Waals surface area contributed by atoms with Gasteiger partial charge in [-0.3, -0.25) is 4.79 Å². The van der Waals surface area contributed by atoms with Crippen LogP contribution in [-0.2, 0) is 16.0 Å². The topological polar surface area (TPSA) is 129 Å². The number of morpholine rings is 1. The van der Waals surface area contributed by atoms with Crippen LogP contribution >= 0.6 is 23.2 Å². The summed E-state index contributed by atoms with van der Waals surface area (Å²) in [6.45, 7) is 1.70. The molecule has 6 rings (SSSR count). The van der Waals surface area contributed by atoms with E-state index in [-0.39, 0.29) is 57.6 Å². The van der Waals surface area contributed by atoms with Crippen LogP contribution in [0.4, 0.5) is 10.1 Å². The number of carboxylic acid groups (broad SMARTS) is 1. The number of fused-ring (bicyclic) bond motifs is 3. The first-order valence-electron chi connectivity index (χ1n) is 13.8. The molecule has 44 heavy (non-hydrogen) atoms. The van der Waals surface area contributed by atoms with E-state index in [1.54, 1.807) is 31.4 Å². The largest absolute Gasteiger partial charge is 0.491 e. The molecule has 2 unspecified atom stereocenters. The Bertz CT molecular complexity index is 1550. The van der Waals surface area contributed by atoms with Crippen LogP contribution in [0.3, 0.4) is 0 Å². The van der Waals surface area contributed by atoms with Crippen molar-refractivity contribution >= 4 is 40.8 Å². The van der Waals surface area contributed by atoms with Crippen molar-refractivity contribution in [2.75, 3.05) is 45.2 Å². The van der Waals surface area contributed by atoms with Gasteiger partial charge in [-0.25, -0.2) is 9.18 Å². The summed E-state index contributed by atoms with van der Waals surface area (Å²) in [4.78, 5) is 29.2. The molecule has 1 amide bonds. The maximum Gasteiger partial charge on any atom is 0.337 e. The molecule has 0 radical (unpaired) electrons. The molecular weight excluding hydrogens is 618 g/mol. The Morgan fingerprint density at radius 2 is 1.75 bits per heavy atom. The predicted molar refractivity (Wildman–Crippen MR) is 162 cm³/mol. The Labute approximate surface area is 263 Å². The second-order valence-electron chi connectivity index (χ2n) is 10.7. The van der Waals surface area contributed by atoms with Gasteiger partial charge in [0.1, 0.15) is 23.9 Å². The van der Waals surface area contributed by atoms with Crippen molar-refractivity contribution in [2.45, 2.75) is 31.5 Å². The summed E-state index contributed by atoms with van der Waals surface area (Å²) in [5.41, 5.74) is 1.83. The smallest absolute Gasteiger partial charge is 0.337 e. The predicted octanol–water partition coefficient (Wildman–Crippen LogP) is 5.06. The van der Waals surface area contributed by atoms with E-state index >= 15 is 4.39 Å². The zero-order chi connectivity index (χ0) is 30.2. The number of aromatic carboxylic acids is 1. The fourth-order valence-electron chi connectivity index (χ4n) is 6.03. The average molecular weight is 649 g/mol. The second-order valence-corrected chi connectivity index (χ2v) is 11.5. The molecule has 3 heterocycles. The maximum atomic E-state index is 15.6. The Morgan fingerprint density at radius 3 is 2.41 bits per heavy atom. The summed E-state index contributed by atoms with van der Waals surface area (Å²) in [5.74, 6) is -1.48. The first-order valence-corrected chi connectivity index (χ1v) is 14.6. The second kappa shape index (κ2) is 13.2. The van der Waals surface area contributed by atoms with Gasteiger partial charge in [0.15, 0.2) is 6.73 Å². The molecule has 2 saturated heterocycles. The lowest BCUT2D eigenvalue weighted by molar-refractivity contribution is 0.0516. The molecule has 3 N–H and O–H groups in total. The molecule has 0 spiro atoms. The number of carbonyl (C=O) groups is 2. The minimum Gasteiger partial charge on any atom is -0.491 e. The number of para-hydroxylation sites is 1. The van der Waals surface area contributed by atoms with Gasteiger partial charge >= 0.3 is 5.97 Å². The summed E-state index contributed by atoms with van der Waals surface area (Å²) in [6.07, 6.45) is 1.75. The molecule has 2 fully saturated rings. The van der Waals surface area contributed by atoms with E-state index in [9.17, 15) is 14.7 Å². The van der Waals surface area contributed by atoms with Crippen LogP contribution in [0.15, 0.2) is 42.5 Å². The van der Waals surface area contributed by atoms with E-state index in [0.717, 1.165) is 18.9 Å². The van der Waals surface area contributed by atoms with Crippen LogP contribution in [-0.4, -0.2) is 79.7 Å². The lowest BCUT2D eigenvalue weighted by Crippen LogP contribution is -2.46. The lowest BCUT2D eigenvalue weighted by atomic mass is 9.96. The lowest BCUT2D eigenvalue weighted by Gasteiger charge is -2.37. The van der Waals surface area contributed by atoms with Crippen molar-refractivity contribution in [3.8, 4) is 22.6 Å². The summed E-state index contributed by atoms with van der Waals surface area (Å²) in [7, 11) is 1.56. The first kappa shape index (κ1) is 31.8. The summed E-state index contributed by atoms with van der Waals surface area (Å²) in [6, 6.07) is 11.0. The maximum absolute atomic E-state index is 15.6. The van der Waals surface area contributed by atoms with Gasteiger partial charge in [0.05, 0.1) is 65.3 Å². The molecule has 2 atom stereocenters. The van der Waals surface area contributed by atoms with Crippen LogP contribution in [0.5, 0.6) is 11.5 Å². The fourth-order valence-corrected chi connectivity index (χ4v) is 6.66. The molecule has 13 heteroatoms. The van der Waals surface area contributed by atoms with Gasteiger partial charge in [0.2, 0.25) is 0 Å². The van der Waals surface area contributed by atoms with Gasteiger partial charge in [-0.2, -0.15) is 0 Å². The van der Waals surface area contributed by atoms with Crippen LogP contribution in [0.25, 0.3) is 11.1 Å². The minimum atomic E-state index is -1.20. The highest BCUT2D eigenvalue weighted by molar-refractivity contribution is 6.39. The third-order valence-electron chi connectivity index (χ3n) is 8.02. The van der Waals surface area contributed by atoms with Crippen molar-refractivity contribution in [3.63, 3.8) is 0 Å². The van der Waals surface area contributed by atoms with Gasteiger partial charge in [-0.05, 0) is 37.1 Å². The summed E-state index contributed by atoms with van der Waals surface area (Å²) >= 11 is 12.9. The van der Waals surface area contributed by atoms with Gasteiger partial charge in [0, 0.05) is 23.8 Å². The van der Waals surface area contributed by atoms with E-state index in [0.29, 0.717) is 54.7 Å². The number of anilines is 1. The van der Waals surface area contributed by atoms with Gasteiger partial charge in [-0.1, -0.05) is 41.4 Å². The Balaban J connectivity index is 0.00000384. The monoisotopic (exact) mass is 648 g/mol. The number of amides is 1. The van der Waals surface area contributed by atoms with Gasteiger partial charge < -0.3 is 39.3 Å². The molecule has 3 aliphatic rings. The number of ether oxygens (including phenoxy) is 4. The van der Waals surface area contributed by atoms with Gasteiger partial charge in [0.25, 0.3) is 5.91 Å². The molecule has 0 aromatic heterocycles. The minimum absolute atomic E-state index is 0. The van der Waals surface area contributed by atoms with Crippen molar-refractivity contribution in [2.24, 2.45) is 0 Å². The van der Waals surface area contributed by atoms with Crippen molar-refractivity contribution in [3.05, 3.63) is 75.0 Å². The molecule has 2 bridgehead atoms. The molecule has 3 aromatic carbocycles. The van der Waals surface area contributed by atoms with Gasteiger partial charge in [-0.15, -0.1) is 0 Å². The number of benzene rings is 3. The summed E-state index contributed by atoms with van der Waals surface area (Å²) < 4.78 is 37.9. The zero-order valence-electron chi connectivity index (χ0n) is 23.8. The summed E-state index contributed by atoms with van der Waals surface area (Å²) in [5, 5.41) is 10.2. The van der Waals surface area contributed by atoms with Crippen LogP contribution in [0.2, 0.25) is 10.0 Å². The quantitative estimate of drug-likeness (QED) is 0.336. The SMILES string of the molecule is COCCOc1cc(Cl)c(C(=O)N2COc3c(cccc3-c3cc(N4C5CCC4COC5)c(C(=O)O)cc3F)C2)c(Cl)c1.O. The third-order valence-corrected chi connectivity index (χ3v) is 8.62. The molecule has 3 aliphatic heterocycles. The third kappa shape index (κ3) is 5.90. The number of carboxylic acids is 1. The van der Waals surface area contributed by atoms with Crippen LogP contribution < -0.4 is 14.4 Å². The van der Waals surface area contributed by atoms with E-state index in [4.69, 9.17) is 42.1 Å².